The molecule has 3 N–H and O–H groups in total. The van der Waals surface area contributed by atoms with Crippen LogP contribution in [0.25, 0.3) is 0 Å². The van der Waals surface area contributed by atoms with Gasteiger partial charge < -0.3 is 15.5 Å². The lowest BCUT2D eigenvalue weighted by Crippen LogP contribution is -2.52. The average Bonchev–Trinajstić information content (AvgIpc) is 2.91. The Hall–Kier alpha value is -2.25. The van der Waals surface area contributed by atoms with Crippen LogP contribution in [0.2, 0.25) is 0 Å². The summed E-state index contributed by atoms with van der Waals surface area (Å²) in [5.41, 5.74) is 2.70. The maximum atomic E-state index is 12.6. The summed E-state index contributed by atoms with van der Waals surface area (Å²) in [4.78, 5) is 37.5. The molecule has 1 aromatic carbocycles. The fourth-order valence-electron chi connectivity index (χ4n) is 3.27. The molecule has 3 rings (SSSR count). The van der Waals surface area contributed by atoms with E-state index < -0.39 is 6.04 Å². The van der Waals surface area contributed by atoms with Gasteiger partial charge in [-0.2, -0.15) is 0 Å². The van der Waals surface area contributed by atoms with Crippen LogP contribution in [0.15, 0.2) is 18.2 Å². The standard InChI is InChI=1S/C18H24N4O3/c1-11(19-2)8-20-9-12-3-4-14-13(7-12)10-22(18(14)25)15-5-6-16(23)21-17(15)24/h3-4,7,11,15,19-20H,5-6,8-10H2,1-2H3,(H,21,23,24)/t11-,15?/m0/s1. The molecule has 3 amide bonds. The van der Waals surface area contributed by atoms with E-state index in [1.54, 1.807) is 4.90 Å². The number of nitrogens with zero attached hydrogens (tertiary/aromatic N) is 1. The Morgan fingerprint density at radius 2 is 2.12 bits per heavy atom. The van der Waals surface area contributed by atoms with Gasteiger partial charge in [0.1, 0.15) is 6.04 Å². The Morgan fingerprint density at radius 1 is 1.32 bits per heavy atom. The van der Waals surface area contributed by atoms with Gasteiger partial charge in [0.15, 0.2) is 0 Å². The number of amides is 3. The summed E-state index contributed by atoms with van der Waals surface area (Å²) < 4.78 is 0. The number of carbonyl (C=O) groups excluding carboxylic acids is 3. The minimum atomic E-state index is -0.560. The highest BCUT2D eigenvalue weighted by atomic mass is 16.2. The summed E-state index contributed by atoms with van der Waals surface area (Å²) in [6.07, 6.45) is 0.663. The van der Waals surface area contributed by atoms with Crippen molar-refractivity contribution in [3.8, 4) is 0 Å². The van der Waals surface area contributed by atoms with Crippen LogP contribution in [0.5, 0.6) is 0 Å². The quantitative estimate of drug-likeness (QED) is 0.639. The zero-order chi connectivity index (χ0) is 18.0. The van der Waals surface area contributed by atoms with E-state index >= 15 is 0 Å². The van der Waals surface area contributed by atoms with E-state index in [1.165, 1.54) is 0 Å². The Labute approximate surface area is 147 Å². The molecule has 7 heteroatoms. The first-order chi connectivity index (χ1) is 12.0. The molecular formula is C18H24N4O3. The van der Waals surface area contributed by atoms with Crippen LogP contribution in [0.1, 0.15) is 41.3 Å². The Kier molecular flexibility index (Phi) is 5.15. The average molecular weight is 344 g/mol. The highest BCUT2D eigenvalue weighted by Crippen LogP contribution is 2.28. The molecule has 0 aromatic heterocycles. The summed E-state index contributed by atoms with van der Waals surface area (Å²) >= 11 is 0. The lowest BCUT2D eigenvalue weighted by Gasteiger charge is -2.29. The van der Waals surface area contributed by atoms with Crippen molar-refractivity contribution < 1.29 is 14.4 Å². The molecule has 1 unspecified atom stereocenters. The third kappa shape index (κ3) is 3.72. The zero-order valence-electron chi connectivity index (χ0n) is 14.6. The Bertz CT molecular complexity index is 704. The molecule has 0 bridgehead atoms. The molecule has 2 aliphatic rings. The van der Waals surface area contributed by atoms with Crippen LogP contribution in [-0.4, -0.2) is 48.3 Å². The molecular weight excluding hydrogens is 320 g/mol. The van der Waals surface area contributed by atoms with Crippen molar-refractivity contribution in [1.82, 2.24) is 20.9 Å². The van der Waals surface area contributed by atoms with Crippen LogP contribution >= 0.6 is 0 Å². The van der Waals surface area contributed by atoms with Gasteiger partial charge in [-0.05, 0) is 37.6 Å². The largest absolute Gasteiger partial charge is 0.322 e. The van der Waals surface area contributed by atoms with E-state index in [0.717, 1.165) is 24.2 Å². The molecule has 0 saturated carbocycles. The zero-order valence-corrected chi connectivity index (χ0v) is 14.6. The molecule has 1 aromatic rings. The van der Waals surface area contributed by atoms with Gasteiger partial charge in [-0.1, -0.05) is 12.1 Å². The van der Waals surface area contributed by atoms with Crippen molar-refractivity contribution in [3.63, 3.8) is 0 Å². The number of benzene rings is 1. The Balaban J connectivity index is 1.67. The minimum Gasteiger partial charge on any atom is -0.322 e. The van der Waals surface area contributed by atoms with E-state index in [9.17, 15) is 14.4 Å². The van der Waals surface area contributed by atoms with E-state index in [2.05, 4.69) is 22.9 Å². The number of hydrogen-bond acceptors (Lipinski definition) is 5. The van der Waals surface area contributed by atoms with Gasteiger partial charge in [0, 0.05) is 37.7 Å². The molecule has 2 aliphatic heterocycles. The summed E-state index contributed by atoms with van der Waals surface area (Å²) in [5, 5.41) is 8.87. The highest BCUT2D eigenvalue weighted by molar-refractivity contribution is 6.05. The first-order valence-electron chi connectivity index (χ1n) is 8.64. The lowest BCUT2D eigenvalue weighted by atomic mass is 10.0. The fraction of sp³-hybridized carbons (Fsp3) is 0.500. The number of imide groups is 1. The molecule has 0 aliphatic carbocycles. The summed E-state index contributed by atoms with van der Waals surface area (Å²) in [7, 11) is 1.93. The predicted molar refractivity (Wildman–Crippen MR) is 92.7 cm³/mol. The van der Waals surface area contributed by atoms with Crippen LogP contribution in [0.4, 0.5) is 0 Å². The third-order valence-corrected chi connectivity index (χ3v) is 4.86. The highest BCUT2D eigenvalue weighted by Gasteiger charge is 2.38. The monoisotopic (exact) mass is 344 g/mol. The van der Waals surface area contributed by atoms with Gasteiger partial charge in [-0.25, -0.2) is 0 Å². The molecule has 0 radical (unpaired) electrons. The smallest absolute Gasteiger partial charge is 0.255 e. The van der Waals surface area contributed by atoms with Crippen molar-refractivity contribution in [2.75, 3.05) is 13.6 Å². The third-order valence-electron chi connectivity index (χ3n) is 4.86. The predicted octanol–water partition coefficient (Wildman–Crippen LogP) is 0.145. The van der Waals surface area contributed by atoms with Gasteiger partial charge in [0.25, 0.3) is 5.91 Å². The molecule has 0 spiro atoms. The molecule has 1 fully saturated rings. The number of nitrogens with one attached hydrogen (secondary N) is 3. The number of fused-ring (bicyclic) bond motifs is 1. The van der Waals surface area contributed by atoms with Crippen LogP contribution in [-0.2, 0) is 22.7 Å². The summed E-state index contributed by atoms with van der Waals surface area (Å²) in [5.74, 6) is -0.775. The first kappa shape index (κ1) is 17.6. The maximum absolute atomic E-state index is 12.6. The van der Waals surface area contributed by atoms with Crippen molar-refractivity contribution in [1.29, 1.82) is 0 Å². The normalized spacial score (nSPS) is 21.3. The second kappa shape index (κ2) is 7.33. The summed E-state index contributed by atoms with van der Waals surface area (Å²) in [6.45, 7) is 4.11. The number of likely N-dealkylation sites (N-methyl/N-ethyl adjacent to an activating group) is 1. The number of carbonyl (C=O) groups is 3. The molecule has 134 valence electrons. The van der Waals surface area contributed by atoms with E-state index in [1.807, 2.05) is 25.2 Å². The molecule has 25 heavy (non-hydrogen) atoms. The summed E-state index contributed by atoms with van der Waals surface area (Å²) in [6, 6.07) is 5.63. The number of rotatable bonds is 6. The maximum Gasteiger partial charge on any atom is 0.255 e. The van der Waals surface area contributed by atoms with Crippen molar-refractivity contribution in [3.05, 3.63) is 34.9 Å². The van der Waals surface area contributed by atoms with Crippen LogP contribution in [0.3, 0.4) is 0 Å². The Morgan fingerprint density at radius 3 is 2.84 bits per heavy atom. The molecule has 2 heterocycles. The topological polar surface area (TPSA) is 90.5 Å². The second-order valence-corrected chi connectivity index (χ2v) is 6.71. The number of hydrogen-bond donors (Lipinski definition) is 3. The van der Waals surface area contributed by atoms with E-state index in [-0.39, 0.29) is 24.1 Å². The van der Waals surface area contributed by atoms with Crippen LogP contribution in [0, 0.1) is 0 Å². The first-order valence-corrected chi connectivity index (χ1v) is 8.64. The van der Waals surface area contributed by atoms with Gasteiger partial charge >= 0.3 is 0 Å². The second-order valence-electron chi connectivity index (χ2n) is 6.71. The lowest BCUT2D eigenvalue weighted by molar-refractivity contribution is -0.136. The van der Waals surface area contributed by atoms with Gasteiger partial charge in [-0.15, -0.1) is 0 Å². The van der Waals surface area contributed by atoms with Crippen molar-refractivity contribution in [2.45, 2.75) is 44.9 Å². The van der Waals surface area contributed by atoms with E-state index in [4.69, 9.17) is 0 Å². The fourth-order valence-corrected chi connectivity index (χ4v) is 3.27. The van der Waals surface area contributed by atoms with Gasteiger partial charge in [-0.3, -0.25) is 19.7 Å². The minimum absolute atomic E-state index is 0.132. The molecule has 7 nitrogen and oxygen atoms in total. The van der Waals surface area contributed by atoms with Crippen molar-refractivity contribution in [2.24, 2.45) is 0 Å². The van der Waals surface area contributed by atoms with Crippen molar-refractivity contribution >= 4 is 17.7 Å². The van der Waals surface area contributed by atoms with E-state index in [0.29, 0.717) is 24.6 Å². The SMILES string of the molecule is CN[C@@H](C)CNCc1ccc2c(c1)CN(C1CCC(=O)NC1=O)C2=O. The van der Waals surface area contributed by atoms with Crippen LogP contribution < -0.4 is 16.0 Å². The number of piperidine rings is 1. The van der Waals surface area contributed by atoms with Gasteiger partial charge in [0.2, 0.25) is 11.8 Å². The molecule has 1 saturated heterocycles. The van der Waals surface area contributed by atoms with Gasteiger partial charge in [0.05, 0.1) is 0 Å². The molecule has 2 atom stereocenters.